The fourth-order valence-electron chi connectivity index (χ4n) is 3.43. The summed E-state index contributed by atoms with van der Waals surface area (Å²) in [7, 11) is 0. The predicted octanol–water partition coefficient (Wildman–Crippen LogP) is 3.93. The van der Waals surface area contributed by atoms with Gasteiger partial charge in [0.25, 0.3) is 11.5 Å². The second-order valence-electron chi connectivity index (χ2n) is 6.82. The molecule has 2 aromatic carbocycles. The zero-order valence-electron chi connectivity index (χ0n) is 15.9. The van der Waals surface area contributed by atoms with Gasteiger partial charge in [-0.3, -0.25) is 19.3 Å². The molecule has 31 heavy (non-hydrogen) atoms. The van der Waals surface area contributed by atoms with E-state index >= 15 is 0 Å². The highest BCUT2D eigenvalue weighted by molar-refractivity contribution is 7.19. The number of aromatic nitrogens is 1. The molecule has 3 aromatic rings. The fraction of sp³-hybridized carbons (Fsp3) is 0.136. The summed E-state index contributed by atoms with van der Waals surface area (Å²) in [5, 5.41) is 21.5. The van der Waals surface area contributed by atoms with Crippen LogP contribution in [-0.2, 0) is 4.79 Å². The average Bonchev–Trinajstić information content (AvgIpc) is 3.15. The Morgan fingerprint density at radius 1 is 1.19 bits per heavy atom. The lowest BCUT2D eigenvalue weighted by Gasteiger charge is -2.23. The van der Waals surface area contributed by atoms with E-state index in [4.69, 9.17) is 11.6 Å². The highest BCUT2D eigenvalue weighted by atomic mass is 35.5. The van der Waals surface area contributed by atoms with Gasteiger partial charge in [0.15, 0.2) is 0 Å². The lowest BCUT2D eigenvalue weighted by Crippen LogP contribution is -2.40. The summed E-state index contributed by atoms with van der Waals surface area (Å²) in [6.45, 7) is 0. The molecular formula is C22H14ClN3O4S. The van der Waals surface area contributed by atoms with E-state index in [1.54, 1.807) is 24.3 Å². The van der Waals surface area contributed by atoms with Crippen LogP contribution in [0.2, 0.25) is 5.02 Å². The van der Waals surface area contributed by atoms with Gasteiger partial charge in [0, 0.05) is 21.7 Å². The second kappa shape index (κ2) is 8.30. The Morgan fingerprint density at radius 2 is 1.90 bits per heavy atom. The van der Waals surface area contributed by atoms with Gasteiger partial charge in [-0.05, 0) is 42.8 Å². The number of amides is 2. The standard InChI is InChI=1S/C22H14ClN3O4S/c23-13-7-5-12(6-8-13)22(30)26-16(9-10-18(26)27)19(28)15(11-24)21-25-20(29)14-3-1-2-4-17(14)31-21/h1-8,16,28H,9-10H2. The summed E-state index contributed by atoms with van der Waals surface area (Å²) in [4.78, 5) is 42.6. The lowest BCUT2D eigenvalue weighted by molar-refractivity contribution is -0.126. The molecule has 0 saturated carbocycles. The van der Waals surface area contributed by atoms with Gasteiger partial charge in [-0.15, -0.1) is 11.3 Å². The van der Waals surface area contributed by atoms with Crippen LogP contribution in [0.3, 0.4) is 0 Å². The maximum absolute atomic E-state index is 12.9. The van der Waals surface area contributed by atoms with Crippen LogP contribution >= 0.6 is 22.9 Å². The number of benzene rings is 2. The molecule has 7 nitrogen and oxygen atoms in total. The Labute approximate surface area is 185 Å². The SMILES string of the molecule is N#CC(=C(O)C1CCC(=O)N1C(=O)c1ccc(Cl)cc1)c1nc(=O)c2ccccc2s1. The summed E-state index contributed by atoms with van der Waals surface area (Å²) >= 11 is 6.93. The van der Waals surface area contributed by atoms with Gasteiger partial charge in [0.2, 0.25) is 5.91 Å². The quantitative estimate of drug-likeness (QED) is 0.367. The second-order valence-corrected chi connectivity index (χ2v) is 8.29. The zero-order chi connectivity index (χ0) is 22.1. The van der Waals surface area contributed by atoms with Crippen LogP contribution in [0.5, 0.6) is 0 Å². The molecule has 1 aromatic heterocycles. The number of aliphatic hydroxyl groups is 1. The number of aliphatic hydroxyl groups excluding tert-OH is 1. The first kappa shape index (κ1) is 20.7. The Kier molecular flexibility index (Phi) is 5.55. The molecule has 154 valence electrons. The van der Waals surface area contributed by atoms with Gasteiger partial charge in [-0.2, -0.15) is 10.2 Å². The fourth-order valence-corrected chi connectivity index (χ4v) is 4.56. The van der Waals surface area contributed by atoms with Crippen LogP contribution < -0.4 is 5.56 Å². The largest absolute Gasteiger partial charge is 0.509 e. The Bertz CT molecular complexity index is 1340. The third kappa shape index (κ3) is 3.81. The van der Waals surface area contributed by atoms with E-state index in [1.165, 1.54) is 24.3 Å². The number of fused-ring (bicyclic) bond motifs is 1. The van der Waals surface area contributed by atoms with Crippen molar-refractivity contribution in [3.05, 3.63) is 80.2 Å². The Hall–Kier alpha value is -3.54. The number of likely N-dealkylation sites (tertiary alicyclic amines) is 1. The van der Waals surface area contributed by atoms with Crippen LogP contribution in [0, 0.1) is 11.3 Å². The van der Waals surface area contributed by atoms with E-state index in [0.717, 1.165) is 16.2 Å². The summed E-state index contributed by atoms with van der Waals surface area (Å²) in [5.41, 5.74) is -0.535. The monoisotopic (exact) mass is 451 g/mol. The van der Waals surface area contributed by atoms with Gasteiger partial charge < -0.3 is 5.11 Å². The number of carbonyl (C=O) groups is 2. The number of imide groups is 1. The van der Waals surface area contributed by atoms with E-state index in [0.29, 0.717) is 15.1 Å². The molecule has 1 unspecified atom stereocenters. The minimum absolute atomic E-state index is 0.0296. The van der Waals surface area contributed by atoms with E-state index in [-0.39, 0.29) is 29.0 Å². The number of allylic oxidation sites excluding steroid dienone is 1. The third-order valence-electron chi connectivity index (χ3n) is 4.95. The minimum atomic E-state index is -1.03. The summed E-state index contributed by atoms with van der Waals surface area (Å²) in [6.07, 6.45) is 0.186. The molecule has 1 aliphatic rings. The van der Waals surface area contributed by atoms with E-state index in [1.807, 2.05) is 6.07 Å². The van der Waals surface area contributed by atoms with E-state index in [2.05, 4.69) is 4.98 Å². The number of carbonyl (C=O) groups excluding carboxylic acids is 2. The first-order valence-corrected chi connectivity index (χ1v) is 10.5. The average molecular weight is 452 g/mol. The number of nitrogens with zero attached hydrogens (tertiary/aromatic N) is 3. The number of rotatable bonds is 3. The molecule has 1 saturated heterocycles. The maximum atomic E-state index is 12.9. The first-order chi connectivity index (χ1) is 14.9. The van der Waals surface area contributed by atoms with Crippen molar-refractivity contribution in [3.8, 4) is 6.07 Å². The molecule has 2 heterocycles. The van der Waals surface area contributed by atoms with Crippen LogP contribution in [0.4, 0.5) is 0 Å². The van der Waals surface area contributed by atoms with Crippen molar-refractivity contribution in [1.29, 1.82) is 5.26 Å². The van der Waals surface area contributed by atoms with Crippen molar-refractivity contribution in [1.82, 2.24) is 9.88 Å². The Morgan fingerprint density at radius 3 is 2.61 bits per heavy atom. The van der Waals surface area contributed by atoms with Gasteiger partial charge in [-0.1, -0.05) is 23.7 Å². The molecule has 9 heteroatoms. The van der Waals surface area contributed by atoms with Gasteiger partial charge in [-0.25, -0.2) is 0 Å². The minimum Gasteiger partial charge on any atom is -0.509 e. The zero-order valence-corrected chi connectivity index (χ0v) is 17.5. The molecule has 0 spiro atoms. The highest BCUT2D eigenvalue weighted by Crippen LogP contribution is 2.31. The third-order valence-corrected chi connectivity index (χ3v) is 6.26. The molecule has 1 N–H and O–H groups in total. The summed E-state index contributed by atoms with van der Waals surface area (Å²) < 4.78 is 0.606. The number of hydrogen-bond donors (Lipinski definition) is 1. The van der Waals surface area contributed by atoms with Gasteiger partial charge >= 0.3 is 0 Å². The topological polar surface area (TPSA) is 111 Å². The van der Waals surface area contributed by atoms with Crippen molar-refractivity contribution < 1.29 is 14.7 Å². The van der Waals surface area contributed by atoms with Crippen LogP contribution in [0.15, 0.2) is 59.1 Å². The van der Waals surface area contributed by atoms with Gasteiger partial charge in [0.05, 0.1) is 11.4 Å². The summed E-state index contributed by atoms with van der Waals surface area (Å²) in [5.74, 6) is -1.53. The number of halogens is 1. The first-order valence-electron chi connectivity index (χ1n) is 9.26. The van der Waals surface area contributed by atoms with Crippen molar-refractivity contribution >= 4 is 50.4 Å². The summed E-state index contributed by atoms with van der Waals surface area (Å²) in [6, 6.07) is 13.7. The number of nitriles is 1. The van der Waals surface area contributed by atoms with Crippen molar-refractivity contribution in [2.75, 3.05) is 0 Å². The molecular weight excluding hydrogens is 438 g/mol. The molecule has 1 aliphatic heterocycles. The molecule has 0 bridgehead atoms. The van der Waals surface area contributed by atoms with Crippen molar-refractivity contribution in [2.45, 2.75) is 18.9 Å². The van der Waals surface area contributed by atoms with Crippen LogP contribution in [0.1, 0.15) is 28.2 Å². The molecule has 0 radical (unpaired) electrons. The maximum Gasteiger partial charge on any atom is 0.279 e. The number of hydrogen-bond acceptors (Lipinski definition) is 7. The smallest absolute Gasteiger partial charge is 0.279 e. The molecule has 0 aliphatic carbocycles. The van der Waals surface area contributed by atoms with Crippen LogP contribution in [0.25, 0.3) is 15.7 Å². The van der Waals surface area contributed by atoms with Crippen molar-refractivity contribution in [3.63, 3.8) is 0 Å². The molecule has 2 amide bonds. The lowest BCUT2D eigenvalue weighted by atomic mass is 10.1. The molecule has 4 rings (SSSR count). The highest BCUT2D eigenvalue weighted by Gasteiger charge is 2.40. The van der Waals surface area contributed by atoms with Crippen LogP contribution in [-0.4, -0.2) is 32.8 Å². The molecule has 1 atom stereocenters. The normalized spacial score (nSPS) is 16.8. The van der Waals surface area contributed by atoms with E-state index < -0.39 is 29.2 Å². The van der Waals surface area contributed by atoms with Gasteiger partial charge in [0.1, 0.15) is 22.4 Å². The predicted molar refractivity (Wildman–Crippen MR) is 117 cm³/mol. The molecule has 1 fully saturated rings. The van der Waals surface area contributed by atoms with Crippen molar-refractivity contribution in [2.24, 2.45) is 0 Å². The van der Waals surface area contributed by atoms with E-state index in [9.17, 15) is 24.8 Å². The Balaban J connectivity index is 1.78.